The maximum absolute atomic E-state index is 10.3. The first-order valence-electron chi connectivity index (χ1n) is 8.44. The number of benzene rings is 1. The highest BCUT2D eigenvalue weighted by molar-refractivity contribution is 7.11. The first-order chi connectivity index (χ1) is 12.2. The summed E-state index contributed by atoms with van der Waals surface area (Å²) >= 11 is 1.68. The van der Waals surface area contributed by atoms with Crippen molar-refractivity contribution < 1.29 is 9.84 Å². The second-order valence-electron chi connectivity index (χ2n) is 5.44. The van der Waals surface area contributed by atoms with Gasteiger partial charge in [0.25, 0.3) is 0 Å². The lowest BCUT2D eigenvalue weighted by atomic mass is 10.1. The fourth-order valence-corrected chi connectivity index (χ4v) is 3.00. The molecule has 0 bridgehead atoms. The molecule has 0 aliphatic carbocycles. The quantitative estimate of drug-likeness (QED) is 0.497. The molecular formula is C18H26N4O2S. The van der Waals surface area contributed by atoms with E-state index in [1.807, 2.05) is 37.4 Å². The van der Waals surface area contributed by atoms with E-state index >= 15 is 0 Å². The normalized spacial score (nSPS) is 12.7. The van der Waals surface area contributed by atoms with Crippen LogP contribution in [0.1, 0.15) is 35.4 Å². The first kappa shape index (κ1) is 19.2. The van der Waals surface area contributed by atoms with Crippen LogP contribution in [0.2, 0.25) is 0 Å². The van der Waals surface area contributed by atoms with Crippen molar-refractivity contribution in [2.75, 3.05) is 20.2 Å². The molecule has 0 aliphatic rings. The number of hydrogen-bond donors (Lipinski definition) is 3. The van der Waals surface area contributed by atoms with E-state index in [4.69, 9.17) is 4.74 Å². The second-order valence-corrected chi connectivity index (χ2v) is 6.64. The van der Waals surface area contributed by atoms with Crippen molar-refractivity contribution in [1.29, 1.82) is 0 Å². The number of aliphatic imine (C=N–C) groups is 1. The fourth-order valence-electron chi connectivity index (χ4n) is 2.21. The molecule has 0 saturated heterocycles. The Hall–Kier alpha value is -2.12. The zero-order chi connectivity index (χ0) is 18.1. The summed E-state index contributed by atoms with van der Waals surface area (Å²) in [4.78, 5) is 10.2. The molecule has 1 unspecified atom stereocenters. The molecule has 1 atom stereocenters. The van der Waals surface area contributed by atoms with Gasteiger partial charge in [0.2, 0.25) is 0 Å². The van der Waals surface area contributed by atoms with Gasteiger partial charge in [0.05, 0.1) is 19.8 Å². The summed E-state index contributed by atoms with van der Waals surface area (Å²) in [5.74, 6) is 1.44. The number of thiazole rings is 1. The molecule has 25 heavy (non-hydrogen) atoms. The average molecular weight is 362 g/mol. The van der Waals surface area contributed by atoms with Gasteiger partial charge in [-0.25, -0.2) is 9.98 Å². The Balaban J connectivity index is 1.91. The molecule has 2 rings (SSSR count). The van der Waals surface area contributed by atoms with Crippen molar-refractivity contribution in [3.63, 3.8) is 0 Å². The third kappa shape index (κ3) is 6.03. The Morgan fingerprint density at radius 2 is 2.04 bits per heavy atom. The van der Waals surface area contributed by atoms with Crippen LogP contribution in [0.4, 0.5) is 0 Å². The largest absolute Gasteiger partial charge is 0.497 e. The number of methoxy groups -OCH3 is 1. The third-order valence-electron chi connectivity index (χ3n) is 3.63. The molecule has 6 nitrogen and oxygen atoms in total. The van der Waals surface area contributed by atoms with Gasteiger partial charge in [-0.1, -0.05) is 19.1 Å². The van der Waals surface area contributed by atoms with Gasteiger partial charge >= 0.3 is 0 Å². The van der Waals surface area contributed by atoms with Gasteiger partial charge in [-0.05, 0) is 31.0 Å². The van der Waals surface area contributed by atoms with Gasteiger partial charge in [0.15, 0.2) is 5.96 Å². The minimum Gasteiger partial charge on any atom is -0.497 e. The van der Waals surface area contributed by atoms with Crippen LogP contribution in [-0.2, 0) is 13.0 Å². The molecule has 0 amide bonds. The molecule has 2 aromatic rings. The fraction of sp³-hybridized carbons (Fsp3) is 0.444. The molecule has 0 aliphatic heterocycles. The Labute approximate surface area is 153 Å². The van der Waals surface area contributed by atoms with Gasteiger partial charge in [0, 0.05) is 24.2 Å². The number of nitrogens with one attached hydrogen (secondary N) is 2. The number of hydrogen-bond acceptors (Lipinski definition) is 5. The molecule has 1 aromatic carbocycles. The van der Waals surface area contributed by atoms with Gasteiger partial charge in [-0.3, -0.25) is 0 Å². The summed E-state index contributed by atoms with van der Waals surface area (Å²) in [6.45, 7) is 5.78. The Kier molecular flexibility index (Phi) is 7.69. The van der Waals surface area contributed by atoms with E-state index in [-0.39, 0.29) is 0 Å². The highest BCUT2D eigenvalue weighted by atomic mass is 32.1. The summed E-state index contributed by atoms with van der Waals surface area (Å²) in [7, 11) is 1.62. The summed E-state index contributed by atoms with van der Waals surface area (Å²) in [5, 5.41) is 17.7. The maximum Gasteiger partial charge on any atom is 0.191 e. The van der Waals surface area contributed by atoms with Gasteiger partial charge < -0.3 is 20.5 Å². The molecule has 7 heteroatoms. The highest BCUT2D eigenvalue weighted by Gasteiger charge is 2.09. The molecule has 0 saturated carbocycles. The number of guanidine groups is 1. The average Bonchev–Trinajstić information content (AvgIpc) is 3.12. The van der Waals surface area contributed by atoms with Crippen LogP contribution < -0.4 is 15.4 Å². The zero-order valence-electron chi connectivity index (χ0n) is 15.0. The minimum absolute atomic E-state index is 0.371. The van der Waals surface area contributed by atoms with Crippen LogP contribution in [0, 0.1) is 0 Å². The van der Waals surface area contributed by atoms with Crippen molar-refractivity contribution in [2.45, 2.75) is 32.9 Å². The predicted octanol–water partition coefficient (Wildman–Crippen LogP) is 2.50. The number of aryl methyl sites for hydroxylation is 1. The summed E-state index contributed by atoms with van der Waals surface area (Å²) < 4.78 is 5.13. The summed E-state index contributed by atoms with van der Waals surface area (Å²) in [6, 6.07) is 7.39. The minimum atomic E-state index is -0.624. The second kappa shape index (κ2) is 10.0. The number of aliphatic hydroxyl groups excluding tert-OH is 1. The molecule has 3 N–H and O–H groups in total. The number of ether oxygens (including phenoxy) is 1. The van der Waals surface area contributed by atoms with E-state index in [0.717, 1.165) is 29.3 Å². The smallest absolute Gasteiger partial charge is 0.191 e. The Morgan fingerprint density at radius 3 is 2.64 bits per heavy atom. The van der Waals surface area contributed by atoms with Crippen molar-refractivity contribution in [3.05, 3.63) is 45.9 Å². The van der Waals surface area contributed by atoms with Crippen LogP contribution in [0.3, 0.4) is 0 Å². The summed E-state index contributed by atoms with van der Waals surface area (Å²) in [6.07, 6.45) is 2.28. The van der Waals surface area contributed by atoms with Gasteiger partial charge in [0.1, 0.15) is 10.8 Å². The Bertz CT molecular complexity index is 670. The van der Waals surface area contributed by atoms with Crippen LogP contribution in [0.25, 0.3) is 0 Å². The van der Waals surface area contributed by atoms with Crippen LogP contribution in [-0.4, -0.2) is 36.2 Å². The molecule has 0 spiro atoms. The molecule has 1 heterocycles. The number of rotatable bonds is 8. The van der Waals surface area contributed by atoms with Crippen LogP contribution in [0.15, 0.2) is 35.5 Å². The standard InChI is InChI=1S/C18H26N4O2S/c1-4-15-10-20-17(25-15)12-22-18(19-5-2)21-11-16(23)13-6-8-14(24-3)9-7-13/h6-10,16,23H,4-5,11-12H2,1-3H3,(H2,19,21,22). The van der Waals surface area contributed by atoms with Crippen molar-refractivity contribution in [3.8, 4) is 5.75 Å². The van der Waals surface area contributed by atoms with E-state index in [2.05, 4.69) is 27.5 Å². The molecule has 0 fully saturated rings. The lowest BCUT2D eigenvalue weighted by Gasteiger charge is -2.15. The third-order valence-corrected chi connectivity index (χ3v) is 4.76. The number of aromatic nitrogens is 1. The van der Waals surface area contributed by atoms with Crippen molar-refractivity contribution >= 4 is 17.3 Å². The zero-order valence-corrected chi connectivity index (χ0v) is 15.8. The van der Waals surface area contributed by atoms with Crippen LogP contribution >= 0.6 is 11.3 Å². The number of nitrogens with zero attached hydrogens (tertiary/aromatic N) is 2. The van der Waals surface area contributed by atoms with Crippen LogP contribution in [0.5, 0.6) is 5.75 Å². The predicted molar refractivity (Wildman–Crippen MR) is 102 cm³/mol. The molecule has 1 aromatic heterocycles. The molecule has 0 radical (unpaired) electrons. The van der Waals surface area contributed by atoms with E-state index in [9.17, 15) is 5.11 Å². The lowest BCUT2D eigenvalue weighted by Crippen LogP contribution is -2.39. The van der Waals surface area contributed by atoms with E-state index in [1.54, 1.807) is 18.4 Å². The first-order valence-corrected chi connectivity index (χ1v) is 9.25. The topological polar surface area (TPSA) is 78.8 Å². The molecule has 136 valence electrons. The summed E-state index contributed by atoms with van der Waals surface area (Å²) in [5.41, 5.74) is 0.830. The maximum atomic E-state index is 10.3. The van der Waals surface area contributed by atoms with Crippen molar-refractivity contribution in [1.82, 2.24) is 15.6 Å². The van der Waals surface area contributed by atoms with E-state index in [0.29, 0.717) is 19.0 Å². The van der Waals surface area contributed by atoms with Crippen molar-refractivity contribution in [2.24, 2.45) is 4.99 Å². The van der Waals surface area contributed by atoms with E-state index in [1.165, 1.54) is 4.88 Å². The SMILES string of the molecule is CCNC(=NCc1ncc(CC)s1)NCC(O)c1ccc(OC)cc1. The number of aliphatic hydroxyl groups is 1. The van der Waals surface area contributed by atoms with Gasteiger partial charge in [-0.2, -0.15) is 0 Å². The Morgan fingerprint density at radius 1 is 1.28 bits per heavy atom. The monoisotopic (exact) mass is 362 g/mol. The van der Waals surface area contributed by atoms with E-state index < -0.39 is 6.10 Å². The highest BCUT2D eigenvalue weighted by Crippen LogP contribution is 2.17. The van der Waals surface area contributed by atoms with Gasteiger partial charge in [-0.15, -0.1) is 11.3 Å². The molecular weight excluding hydrogens is 336 g/mol. The lowest BCUT2D eigenvalue weighted by molar-refractivity contribution is 0.180.